The fraction of sp³-hybridized carbons (Fsp3) is 0.500. The molecule has 1 aliphatic heterocycles. The van der Waals surface area contributed by atoms with Crippen LogP contribution in [0.15, 0.2) is 30.5 Å². The van der Waals surface area contributed by atoms with Crippen molar-refractivity contribution in [2.24, 2.45) is 0 Å². The number of sulfone groups is 1. The summed E-state index contributed by atoms with van der Waals surface area (Å²) in [5.41, 5.74) is 2.06. The van der Waals surface area contributed by atoms with E-state index in [4.69, 9.17) is 4.74 Å². The van der Waals surface area contributed by atoms with Gasteiger partial charge in [0.1, 0.15) is 0 Å². The van der Waals surface area contributed by atoms with Crippen LogP contribution in [0.25, 0.3) is 10.9 Å². The summed E-state index contributed by atoms with van der Waals surface area (Å²) < 4.78 is 28.7. The average molecular weight is 404 g/mol. The third-order valence-corrected chi connectivity index (χ3v) is 7.21. The van der Waals surface area contributed by atoms with Gasteiger partial charge in [0.05, 0.1) is 11.5 Å². The van der Waals surface area contributed by atoms with Gasteiger partial charge in [0.25, 0.3) is 5.91 Å². The predicted molar refractivity (Wildman–Crippen MR) is 105 cm³/mol. The Morgan fingerprint density at radius 1 is 1.14 bits per heavy atom. The van der Waals surface area contributed by atoms with Crippen molar-refractivity contribution in [2.75, 3.05) is 18.1 Å². The van der Waals surface area contributed by atoms with Crippen LogP contribution >= 0.6 is 0 Å². The van der Waals surface area contributed by atoms with Crippen molar-refractivity contribution in [3.63, 3.8) is 0 Å². The third-order valence-electron chi connectivity index (χ3n) is 5.46. The van der Waals surface area contributed by atoms with Crippen molar-refractivity contribution in [1.82, 2.24) is 9.88 Å². The number of aromatic amines is 1. The standard InChI is InChI=1S/C20H24N2O5S/c23-19(22(15-6-7-15)16-9-10-28(25,26)13-16)12-27-20(24)8-5-14-11-21-18-4-2-1-3-17(14)18/h1-4,11,15-16,21H,5-10,12-13H2/t16-/m0/s1. The molecule has 4 rings (SSSR count). The molecule has 1 saturated heterocycles. The summed E-state index contributed by atoms with van der Waals surface area (Å²) in [6.45, 7) is -0.320. The first-order valence-corrected chi connectivity index (χ1v) is 11.5. The molecule has 0 spiro atoms. The molecule has 1 N–H and O–H groups in total. The van der Waals surface area contributed by atoms with Crippen molar-refractivity contribution < 1.29 is 22.7 Å². The first kappa shape index (κ1) is 19.0. The Bertz CT molecular complexity index is 993. The van der Waals surface area contributed by atoms with E-state index >= 15 is 0 Å². The van der Waals surface area contributed by atoms with E-state index in [0.717, 1.165) is 29.3 Å². The Kier molecular flexibility index (Phi) is 5.14. The maximum atomic E-state index is 12.6. The third kappa shape index (κ3) is 4.22. The minimum atomic E-state index is -3.07. The molecular weight excluding hydrogens is 380 g/mol. The number of fused-ring (bicyclic) bond motifs is 1. The maximum Gasteiger partial charge on any atom is 0.306 e. The SMILES string of the molecule is O=C(CCc1c[nH]c2ccccc12)OCC(=O)N(C1CC1)[C@H]1CCS(=O)(=O)C1. The van der Waals surface area contributed by atoms with E-state index < -0.39 is 15.8 Å². The van der Waals surface area contributed by atoms with Crippen LogP contribution in [0.3, 0.4) is 0 Å². The molecule has 1 aromatic carbocycles. The molecule has 2 fully saturated rings. The van der Waals surface area contributed by atoms with Gasteiger partial charge in [0.15, 0.2) is 16.4 Å². The zero-order valence-electron chi connectivity index (χ0n) is 15.6. The lowest BCUT2D eigenvalue weighted by Gasteiger charge is -2.28. The van der Waals surface area contributed by atoms with Crippen molar-refractivity contribution >= 4 is 32.6 Å². The normalized spacial score (nSPS) is 20.9. The van der Waals surface area contributed by atoms with Gasteiger partial charge in [-0.2, -0.15) is 0 Å². The van der Waals surface area contributed by atoms with E-state index in [2.05, 4.69) is 4.98 Å². The van der Waals surface area contributed by atoms with Crippen LogP contribution < -0.4 is 0 Å². The van der Waals surface area contributed by atoms with Gasteiger partial charge >= 0.3 is 5.97 Å². The van der Waals surface area contributed by atoms with Crippen LogP contribution in [0.4, 0.5) is 0 Å². The molecular formula is C20H24N2O5S. The van der Waals surface area contributed by atoms with E-state index in [-0.39, 0.29) is 42.5 Å². The van der Waals surface area contributed by atoms with Gasteiger partial charge in [-0.3, -0.25) is 9.59 Å². The number of nitrogens with zero attached hydrogens (tertiary/aromatic N) is 1. The number of ether oxygens (including phenoxy) is 1. The number of amides is 1. The number of hydrogen-bond acceptors (Lipinski definition) is 5. The highest BCUT2D eigenvalue weighted by Gasteiger charge is 2.42. The quantitative estimate of drug-likeness (QED) is 0.710. The monoisotopic (exact) mass is 404 g/mol. The Hall–Kier alpha value is -2.35. The van der Waals surface area contributed by atoms with E-state index in [0.29, 0.717) is 12.8 Å². The number of hydrogen-bond donors (Lipinski definition) is 1. The van der Waals surface area contributed by atoms with Crippen molar-refractivity contribution in [1.29, 1.82) is 0 Å². The number of esters is 1. The Labute approximate surface area is 164 Å². The number of H-pyrrole nitrogens is 1. The fourth-order valence-electron chi connectivity index (χ4n) is 3.92. The minimum Gasteiger partial charge on any atom is -0.456 e. The highest BCUT2D eigenvalue weighted by atomic mass is 32.2. The lowest BCUT2D eigenvalue weighted by atomic mass is 10.1. The molecule has 0 radical (unpaired) electrons. The number of carbonyl (C=O) groups excluding carboxylic acids is 2. The van der Waals surface area contributed by atoms with Crippen molar-refractivity contribution in [3.8, 4) is 0 Å². The van der Waals surface area contributed by atoms with Crippen LogP contribution in [0.1, 0.15) is 31.2 Å². The number of aryl methyl sites for hydroxylation is 1. The molecule has 1 aromatic heterocycles. The van der Waals surface area contributed by atoms with Gasteiger partial charge < -0.3 is 14.6 Å². The van der Waals surface area contributed by atoms with Gasteiger partial charge in [-0.25, -0.2) is 8.42 Å². The van der Waals surface area contributed by atoms with Crippen LogP contribution in [0, 0.1) is 0 Å². The van der Waals surface area contributed by atoms with E-state index in [1.54, 1.807) is 4.90 Å². The van der Waals surface area contributed by atoms with Gasteiger partial charge in [-0.05, 0) is 37.3 Å². The molecule has 1 atom stereocenters. The predicted octanol–water partition coefficient (Wildman–Crippen LogP) is 1.82. The number of rotatable bonds is 7. The van der Waals surface area contributed by atoms with E-state index in [9.17, 15) is 18.0 Å². The molecule has 2 heterocycles. The summed E-state index contributed by atoms with van der Waals surface area (Å²) in [6.07, 6.45) is 4.85. The summed E-state index contributed by atoms with van der Waals surface area (Å²) in [7, 11) is -3.07. The lowest BCUT2D eigenvalue weighted by Crippen LogP contribution is -2.44. The average Bonchev–Trinajstić information content (AvgIpc) is 3.31. The number of aromatic nitrogens is 1. The van der Waals surface area contributed by atoms with Crippen LogP contribution in [0.5, 0.6) is 0 Å². The molecule has 2 aromatic rings. The Balaban J connectivity index is 1.29. The Morgan fingerprint density at radius 3 is 2.64 bits per heavy atom. The van der Waals surface area contributed by atoms with Gasteiger partial charge in [0, 0.05) is 35.6 Å². The second-order valence-corrected chi connectivity index (χ2v) is 9.84. The molecule has 8 heteroatoms. The van der Waals surface area contributed by atoms with E-state index in [1.165, 1.54) is 0 Å². The van der Waals surface area contributed by atoms with Crippen LogP contribution in [-0.4, -0.2) is 60.4 Å². The number of nitrogens with one attached hydrogen (secondary N) is 1. The molecule has 1 amide bonds. The first-order valence-electron chi connectivity index (χ1n) is 9.65. The molecule has 2 aliphatic rings. The number of carbonyl (C=O) groups is 2. The number of para-hydroxylation sites is 1. The summed E-state index contributed by atoms with van der Waals surface area (Å²) >= 11 is 0. The molecule has 28 heavy (non-hydrogen) atoms. The summed E-state index contributed by atoms with van der Waals surface area (Å²) in [5.74, 6) is -0.569. The topological polar surface area (TPSA) is 96.5 Å². The maximum absolute atomic E-state index is 12.6. The van der Waals surface area contributed by atoms with Gasteiger partial charge in [-0.1, -0.05) is 18.2 Å². The number of benzene rings is 1. The molecule has 1 aliphatic carbocycles. The van der Waals surface area contributed by atoms with Crippen molar-refractivity contribution in [2.45, 2.75) is 44.2 Å². The summed E-state index contributed by atoms with van der Waals surface area (Å²) in [4.78, 5) is 29.5. The fourth-order valence-corrected chi connectivity index (χ4v) is 5.63. The largest absolute Gasteiger partial charge is 0.456 e. The smallest absolute Gasteiger partial charge is 0.306 e. The summed E-state index contributed by atoms with van der Waals surface area (Å²) in [6, 6.07) is 7.69. The molecule has 0 bridgehead atoms. The minimum absolute atomic E-state index is 0.0176. The van der Waals surface area contributed by atoms with Crippen LogP contribution in [-0.2, 0) is 30.6 Å². The van der Waals surface area contributed by atoms with Crippen LogP contribution in [0.2, 0.25) is 0 Å². The lowest BCUT2D eigenvalue weighted by molar-refractivity contribution is -0.153. The van der Waals surface area contributed by atoms with E-state index in [1.807, 2.05) is 30.5 Å². The van der Waals surface area contributed by atoms with Gasteiger partial charge in [-0.15, -0.1) is 0 Å². The zero-order chi connectivity index (χ0) is 19.7. The second-order valence-electron chi connectivity index (χ2n) is 7.61. The Morgan fingerprint density at radius 2 is 1.93 bits per heavy atom. The molecule has 7 nitrogen and oxygen atoms in total. The molecule has 1 saturated carbocycles. The second kappa shape index (κ2) is 7.58. The van der Waals surface area contributed by atoms with Gasteiger partial charge in [0.2, 0.25) is 0 Å². The molecule has 150 valence electrons. The summed E-state index contributed by atoms with van der Waals surface area (Å²) in [5, 5.41) is 1.08. The molecule has 0 unspecified atom stereocenters. The first-order chi connectivity index (χ1) is 13.4. The zero-order valence-corrected chi connectivity index (χ0v) is 16.4. The van der Waals surface area contributed by atoms with Crippen molar-refractivity contribution in [3.05, 3.63) is 36.0 Å². The highest BCUT2D eigenvalue weighted by Crippen LogP contribution is 2.32. The highest BCUT2D eigenvalue weighted by molar-refractivity contribution is 7.91.